The summed E-state index contributed by atoms with van der Waals surface area (Å²) in [7, 11) is 1.65. The second-order valence-electron chi connectivity index (χ2n) is 6.28. The van der Waals surface area contributed by atoms with Crippen LogP contribution in [0.15, 0.2) is 48.5 Å². The maximum Gasteiger partial charge on any atom is 0.168 e. The predicted octanol–water partition coefficient (Wildman–Crippen LogP) is 4.18. The molecule has 0 amide bonds. The summed E-state index contributed by atoms with van der Waals surface area (Å²) in [6, 6.07) is 17.9. The Kier molecular flexibility index (Phi) is 4.39. The van der Waals surface area contributed by atoms with Gasteiger partial charge in [0.15, 0.2) is 11.6 Å². The summed E-state index contributed by atoms with van der Waals surface area (Å²) in [5.74, 6) is 2.31. The van der Waals surface area contributed by atoms with Crippen LogP contribution in [0.4, 0.5) is 0 Å². The average molecular weight is 362 g/mol. The summed E-state index contributed by atoms with van der Waals surface area (Å²) in [6.45, 7) is 0. The normalized spacial score (nSPS) is 14.7. The summed E-state index contributed by atoms with van der Waals surface area (Å²) < 4.78 is 7.66. The van der Waals surface area contributed by atoms with Crippen LogP contribution in [-0.2, 0) is 0 Å². The Morgan fingerprint density at radius 3 is 2.62 bits per heavy atom. The van der Waals surface area contributed by atoms with E-state index in [-0.39, 0.29) is 5.25 Å². The fourth-order valence-electron chi connectivity index (χ4n) is 3.17. The third-order valence-electron chi connectivity index (χ3n) is 4.60. The number of hydrogen-bond donors (Lipinski definition) is 1. The van der Waals surface area contributed by atoms with Crippen LogP contribution < -0.4 is 4.74 Å². The van der Waals surface area contributed by atoms with Gasteiger partial charge >= 0.3 is 0 Å². The van der Waals surface area contributed by atoms with Gasteiger partial charge in [-0.05, 0) is 36.6 Å². The van der Waals surface area contributed by atoms with Gasteiger partial charge in [0.1, 0.15) is 5.75 Å². The zero-order chi connectivity index (χ0) is 18.1. The van der Waals surface area contributed by atoms with Crippen molar-refractivity contribution in [2.24, 2.45) is 0 Å². The van der Waals surface area contributed by atoms with Gasteiger partial charge in [0.05, 0.1) is 29.6 Å². The summed E-state index contributed by atoms with van der Waals surface area (Å²) in [5.41, 5.74) is 2.37. The maximum absolute atomic E-state index is 9.41. The van der Waals surface area contributed by atoms with Gasteiger partial charge in [-0.3, -0.25) is 0 Å². The quantitative estimate of drug-likeness (QED) is 0.692. The minimum Gasteiger partial charge on any atom is -0.496 e. The van der Waals surface area contributed by atoms with Crippen molar-refractivity contribution in [2.75, 3.05) is 7.11 Å². The SMILES string of the molecule is COc1ccccc1-c1nnc(C(S)c2ccccc2C#N)n1C1CC1. The number of ether oxygens (including phenoxy) is 1. The van der Waals surface area contributed by atoms with E-state index in [4.69, 9.17) is 17.4 Å². The molecule has 1 atom stereocenters. The molecule has 1 saturated carbocycles. The van der Waals surface area contributed by atoms with Crippen molar-refractivity contribution in [1.29, 1.82) is 5.26 Å². The van der Waals surface area contributed by atoms with Crippen LogP contribution in [0.2, 0.25) is 0 Å². The molecule has 1 aliphatic carbocycles. The van der Waals surface area contributed by atoms with E-state index in [0.29, 0.717) is 11.6 Å². The first-order valence-corrected chi connectivity index (χ1v) is 9.01. The molecule has 5 nitrogen and oxygen atoms in total. The molecule has 3 aromatic rings. The number of aromatic nitrogens is 3. The van der Waals surface area contributed by atoms with E-state index in [9.17, 15) is 5.26 Å². The van der Waals surface area contributed by atoms with E-state index < -0.39 is 0 Å². The highest BCUT2D eigenvalue weighted by molar-refractivity contribution is 7.80. The van der Waals surface area contributed by atoms with Gasteiger partial charge in [-0.2, -0.15) is 17.9 Å². The van der Waals surface area contributed by atoms with Gasteiger partial charge in [0.25, 0.3) is 0 Å². The fourth-order valence-corrected chi connectivity index (χ4v) is 3.57. The van der Waals surface area contributed by atoms with E-state index in [2.05, 4.69) is 20.8 Å². The largest absolute Gasteiger partial charge is 0.496 e. The number of benzene rings is 2. The molecule has 1 aromatic heterocycles. The van der Waals surface area contributed by atoms with Gasteiger partial charge in [-0.15, -0.1) is 10.2 Å². The molecule has 130 valence electrons. The van der Waals surface area contributed by atoms with Crippen molar-refractivity contribution in [2.45, 2.75) is 24.1 Å². The molecule has 0 spiro atoms. The van der Waals surface area contributed by atoms with Gasteiger partial charge in [-0.25, -0.2) is 0 Å². The third kappa shape index (κ3) is 2.85. The molecule has 1 aliphatic rings. The van der Waals surface area contributed by atoms with Gasteiger partial charge in [-0.1, -0.05) is 30.3 Å². The van der Waals surface area contributed by atoms with E-state index in [1.165, 1.54) is 0 Å². The van der Waals surface area contributed by atoms with Crippen molar-refractivity contribution in [3.05, 3.63) is 65.5 Å². The van der Waals surface area contributed by atoms with Crippen LogP contribution in [0.1, 0.15) is 41.1 Å². The topological polar surface area (TPSA) is 63.7 Å². The summed E-state index contributed by atoms with van der Waals surface area (Å²) in [5, 5.41) is 18.0. The molecule has 1 fully saturated rings. The highest BCUT2D eigenvalue weighted by atomic mass is 32.1. The average Bonchev–Trinajstić information content (AvgIpc) is 3.45. The van der Waals surface area contributed by atoms with E-state index in [0.717, 1.165) is 41.4 Å². The minimum atomic E-state index is -0.317. The van der Waals surface area contributed by atoms with E-state index in [1.807, 2.05) is 42.5 Å². The number of para-hydroxylation sites is 1. The number of methoxy groups -OCH3 is 1. The number of rotatable bonds is 5. The van der Waals surface area contributed by atoms with Crippen molar-refractivity contribution in [3.8, 4) is 23.2 Å². The number of nitriles is 1. The van der Waals surface area contributed by atoms with Crippen molar-refractivity contribution < 1.29 is 4.74 Å². The highest BCUT2D eigenvalue weighted by Gasteiger charge is 2.33. The summed E-state index contributed by atoms with van der Waals surface area (Å²) >= 11 is 4.79. The number of hydrogen-bond acceptors (Lipinski definition) is 5. The summed E-state index contributed by atoms with van der Waals surface area (Å²) in [6.07, 6.45) is 2.18. The number of nitrogens with zero attached hydrogens (tertiary/aromatic N) is 4. The van der Waals surface area contributed by atoms with Gasteiger partial charge < -0.3 is 9.30 Å². The molecule has 1 heterocycles. The van der Waals surface area contributed by atoms with Crippen LogP contribution in [0.5, 0.6) is 5.75 Å². The molecule has 0 aliphatic heterocycles. The molecule has 0 radical (unpaired) electrons. The van der Waals surface area contributed by atoms with Crippen molar-refractivity contribution >= 4 is 12.6 Å². The second-order valence-corrected chi connectivity index (χ2v) is 6.80. The van der Waals surface area contributed by atoms with Crippen LogP contribution in [-0.4, -0.2) is 21.9 Å². The Morgan fingerprint density at radius 1 is 1.15 bits per heavy atom. The Labute approximate surface area is 157 Å². The third-order valence-corrected chi connectivity index (χ3v) is 5.11. The van der Waals surface area contributed by atoms with Crippen LogP contribution in [0.3, 0.4) is 0 Å². The molecule has 1 unspecified atom stereocenters. The van der Waals surface area contributed by atoms with E-state index >= 15 is 0 Å². The molecule has 4 rings (SSSR count). The first kappa shape index (κ1) is 16.7. The lowest BCUT2D eigenvalue weighted by molar-refractivity contribution is 0.416. The second kappa shape index (κ2) is 6.85. The lowest BCUT2D eigenvalue weighted by Crippen LogP contribution is -2.08. The summed E-state index contributed by atoms with van der Waals surface area (Å²) in [4.78, 5) is 0. The van der Waals surface area contributed by atoms with Crippen molar-refractivity contribution in [1.82, 2.24) is 14.8 Å². The highest BCUT2D eigenvalue weighted by Crippen LogP contribution is 2.43. The molecular weight excluding hydrogens is 344 g/mol. The monoisotopic (exact) mass is 362 g/mol. The first-order valence-electron chi connectivity index (χ1n) is 8.50. The Morgan fingerprint density at radius 2 is 1.88 bits per heavy atom. The zero-order valence-corrected chi connectivity index (χ0v) is 15.2. The molecular formula is C20H18N4OS. The first-order chi connectivity index (χ1) is 12.7. The lowest BCUT2D eigenvalue weighted by atomic mass is 10.0. The Hall–Kier alpha value is -2.78. The van der Waals surface area contributed by atoms with Crippen LogP contribution >= 0.6 is 12.6 Å². The fraction of sp³-hybridized carbons (Fsp3) is 0.250. The standard InChI is InChI=1S/C20H18N4OS/c1-25-17-9-5-4-8-16(17)19-22-23-20(24(19)14-10-11-14)18(26)15-7-3-2-6-13(15)12-21/h2-9,14,18,26H,10-11H2,1H3. The van der Waals surface area contributed by atoms with Gasteiger partial charge in [0.2, 0.25) is 0 Å². The molecule has 0 saturated heterocycles. The molecule has 6 heteroatoms. The van der Waals surface area contributed by atoms with Crippen LogP contribution in [0.25, 0.3) is 11.4 Å². The van der Waals surface area contributed by atoms with Crippen molar-refractivity contribution in [3.63, 3.8) is 0 Å². The zero-order valence-electron chi connectivity index (χ0n) is 14.3. The van der Waals surface area contributed by atoms with Gasteiger partial charge in [0, 0.05) is 6.04 Å². The predicted molar refractivity (Wildman–Crippen MR) is 102 cm³/mol. The smallest absolute Gasteiger partial charge is 0.168 e. The Bertz CT molecular complexity index is 987. The lowest BCUT2D eigenvalue weighted by Gasteiger charge is -2.16. The van der Waals surface area contributed by atoms with Crippen LogP contribution in [0, 0.1) is 11.3 Å². The van der Waals surface area contributed by atoms with E-state index in [1.54, 1.807) is 13.2 Å². The molecule has 26 heavy (non-hydrogen) atoms. The maximum atomic E-state index is 9.41. The molecule has 0 N–H and O–H groups in total. The Balaban J connectivity index is 1.84. The molecule has 2 aromatic carbocycles. The number of thiol groups is 1. The molecule has 0 bridgehead atoms. The minimum absolute atomic E-state index is 0.317.